The van der Waals surface area contributed by atoms with Gasteiger partial charge in [0.1, 0.15) is 11.2 Å². The van der Waals surface area contributed by atoms with Crippen molar-refractivity contribution in [1.82, 2.24) is 15.0 Å². The van der Waals surface area contributed by atoms with Gasteiger partial charge in [0, 0.05) is 47.6 Å². The molecule has 0 aliphatic rings. The van der Waals surface area contributed by atoms with Crippen molar-refractivity contribution in [3.63, 3.8) is 0 Å². The number of hydrogen-bond donors (Lipinski definition) is 0. The lowest BCUT2D eigenvalue weighted by Gasteiger charge is -2.14. The summed E-state index contributed by atoms with van der Waals surface area (Å²) in [7, 11) is 0. The van der Waals surface area contributed by atoms with E-state index in [1.807, 2.05) is 72.0 Å². The first-order chi connectivity index (χ1) is 23.8. The summed E-state index contributed by atoms with van der Waals surface area (Å²) in [5.41, 5.74) is 6.57. The molecule has 7 aromatic carbocycles. The molecule has 0 unspecified atom stereocenters. The summed E-state index contributed by atoms with van der Waals surface area (Å²) in [6, 6.07) is 52.7. The topological polar surface area (TPSA) is 51.8 Å². The molecule has 0 fully saturated rings. The molecule has 48 heavy (non-hydrogen) atoms. The molecule has 10 rings (SSSR count). The third-order valence-electron chi connectivity index (χ3n) is 9.12. The van der Waals surface area contributed by atoms with Crippen LogP contribution in [0, 0.1) is 0 Å². The van der Waals surface area contributed by atoms with Gasteiger partial charge in [-0.15, -0.1) is 11.3 Å². The average molecular weight is 632 g/mol. The number of benzene rings is 7. The first-order valence-electron chi connectivity index (χ1n) is 15.9. The van der Waals surface area contributed by atoms with Crippen LogP contribution in [0.5, 0.6) is 0 Å². The van der Waals surface area contributed by atoms with Crippen LogP contribution in [0.25, 0.3) is 98.2 Å². The van der Waals surface area contributed by atoms with Gasteiger partial charge in [0.05, 0.1) is 0 Å². The molecule has 10 aromatic rings. The smallest absolute Gasteiger partial charge is 0.165 e. The Labute approximate surface area is 279 Å². The predicted octanol–water partition coefficient (Wildman–Crippen LogP) is 12.0. The van der Waals surface area contributed by atoms with Crippen molar-refractivity contribution in [1.29, 1.82) is 0 Å². The highest BCUT2D eigenvalue weighted by atomic mass is 32.1. The van der Waals surface area contributed by atoms with Crippen molar-refractivity contribution < 1.29 is 4.42 Å². The van der Waals surface area contributed by atoms with E-state index in [9.17, 15) is 0 Å². The number of nitrogens with zero attached hydrogens (tertiary/aromatic N) is 3. The first-order valence-corrected chi connectivity index (χ1v) is 16.8. The number of rotatable bonds is 4. The lowest BCUT2D eigenvalue weighted by molar-refractivity contribution is 0.669. The fraction of sp³-hybridized carbons (Fsp3) is 0. The fourth-order valence-electron chi connectivity index (χ4n) is 6.84. The zero-order chi connectivity index (χ0) is 31.6. The number of thiophene rings is 1. The summed E-state index contributed by atoms with van der Waals surface area (Å²) in [6.45, 7) is 0. The molecule has 0 amide bonds. The van der Waals surface area contributed by atoms with Crippen molar-refractivity contribution in [2.45, 2.75) is 0 Å². The van der Waals surface area contributed by atoms with E-state index in [1.165, 1.54) is 20.2 Å². The SMILES string of the molecule is c1ccc(-c2nc(-c3ccccc3)nc(-c3c(-c4ccc5c(c4)sc4ccccc45)ccc4oc5cc6ccccc6cc5c34)n2)cc1. The number of aromatic nitrogens is 3. The third kappa shape index (κ3) is 4.33. The summed E-state index contributed by atoms with van der Waals surface area (Å²) < 4.78 is 9.11. The van der Waals surface area contributed by atoms with Gasteiger partial charge in [-0.2, -0.15) is 0 Å². The molecular formula is C43H25N3OS. The van der Waals surface area contributed by atoms with Crippen LogP contribution >= 0.6 is 11.3 Å². The molecule has 224 valence electrons. The van der Waals surface area contributed by atoms with Crippen LogP contribution in [-0.2, 0) is 0 Å². The minimum absolute atomic E-state index is 0.607. The Kier molecular flexibility index (Phi) is 6.01. The highest BCUT2D eigenvalue weighted by Gasteiger charge is 2.23. The van der Waals surface area contributed by atoms with Crippen molar-refractivity contribution in [2.75, 3.05) is 0 Å². The van der Waals surface area contributed by atoms with Crippen LogP contribution in [0.2, 0.25) is 0 Å². The Balaban J connectivity index is 1.32. The standard InChI is InChI=1S/C43H25N3OS/c1-3-11-26(12-4-1)41-44-42(27-13-5-2-6-14-27)46-43(45-41)40-31(30-19-20-33-32-17-9-10-18-37(32)48-38(33)25-30)21-22-35-39(40)34-23-28-15-7-8-16-29(28)24-36(34)47-35/h1-25H. The number of furan rings is 1. The Morgan fingerprint density at radius 1 is 0.417 bits per heavy atom. The molecule has 0 saturated carbocycles. The molecule has 4 nitrogen and oxygen atoms in total. The van der Waals surface area contributed by atoms with Gasteiger partial charge in [0.15, 0.2) is 17.5 Å². The quantitative estimate of drug-likeness (QED) is 0.194. The summed E-state index contributed by atoms with van der Waals surface area (Å²) >= 11 is 1.82. The van der Waals surface area contributed by atoms with Crippen molar-refractivity contribution in [3.05, 3.63) is 152 Å². The van der Waals surface area contributed by atoms with Crippen LogP contribution in [-0.4, -0.2) is 15.0 Å². The highest BCUT2D eigenvalue weighted by Crippen LogP contribution is 2.45. The van der Waals surface area contributed by atoms with Crippen LogP contribution in [0.4, 0.5) is 0 Å². The molecule has 0 aliphatic heterocycles. The largest absolute Gasteiger partial charge is 0.456 e. The second-order valence-electron chi connectivity index (χ2n) is 12.0. The van der Waals surface area contributed by atoms with E-state index in [2.05, 4.69) is 91.0 Å². The second kappa shape index (κ2) is 10.7. The van der Waals surface area contributed by atoms with Crippen LogP contribution in [0.15, 0.2) is 156 Å². The molecule has 0 saturated heterocycles. The Hall–Kier alpha value is -6.17. The Morgan fingerprint density at radius 3 is 1.79 bits per heavy atom. The molecule has 0 bridgehead atoms. The van der Waals surface area contributed by atoms with Crippen molar-refractivity contribution >= 4 is 64.2 Å². The fourth-order valence-corrected chi connectivity index (χ4v) is 7.99. The zero-order valence-corrected chi connectivity index (χ0v) is 26.4. The van der Waals surface area contributed by atoms with Gasteiger partial charge in [0.25, 0.3) is 0 Å². The van der Waals surface area contributed by atoms with Gasteiger partial charge < -0.3 is 4.42 Å². The normalized spacial score (nSPS) is 11.8. The third-order valence-corrected chi connectivity index (χ3v) is 10.3. The van der Waals surface area contributed by atoms with Gasteiger partial charge in [-0.3, -0.25) is 0 Å². The molecule has 0 aliphatic carbocycles. The van der Waals surface area contributed by atoms with E-state index >= 15 is 0 Å². The van der Waals surface area contributed by atoms with Crippen LogP contribution in [0.1, 0.15) is 0 Å². The van der Waals surface area contributed by atoms with Crippen LogP contribution in [0.3, 0.4) is 0 Å². The molecule has 0 atom stereocenters. The monoisotopic (exact) mass is 631 g/mol. The Bertz CT molecular complexity index is 2780. The predicted molar refractivity (Wildman–Crippen MR) is 199 cm³/mol. The minimum atomic E-state index is 0.607. The second-order valence-corrected chi connectivity index (χ2v) is 13.1. The lowest BCUT2D eigenvalue weighted by atomic mass is 9.93. The molecular weight excluding hydrogens is 607 g/mol. The maximum atomic E-state index is 6.58. The number of hydrogen-bond acceptors (Lipinski definition) is 5. The van der Waals surface area contributed by atoms with Crippen LogP contribution < -0.4 is 0 Å². The van der Waals surface area contributed by atoms with Gasteiger partial charge >= 0.3 is 0 Å². The summed E-state index contributed by atoms with van der Waals surface area (Å²) in [5, 5.41) is 6.87. The first kappa shape index (κ1) is 27.0. The molecule has 0 radical (unpaired) electrons. The zero-order valence-electron chi connectivity index (χ0n) is 25.6. The van der Waals surface area contributed by atoms with E-state index in [4.69, 9.17) is 19.4 Å². The van der Waals surface area contributed by atoms with Gasteiger partial charge in [0.2, 0.25) is 0 Å². The maximum absolute atomic E-state index is 6.58. The summed E-state index contributed by atoms with van der Waals surface area (Å²) in [4.78, 5) is 15.4. The molecule has 0 spiro atoms. The Morgan fingerprint density at radius 2 is 1.04 bits per heavy atom. The minimum Gasteiger partial charge on any atom is -0.456 e. The molecule has 0 N–H and O–H groups in total. The van der Waals surface area contributed by atoms with E-state index in [0.717, 1.165) is 60.5 Å². The number of fused-ring (bicyclic) bond motifs is 7. The summed E-state index contributed by atoms with van der Waals surface area (Å²) in [5.74, 6) is 1.86. The van der Waals surface area contributed by atoms with E-state index in [-0.39, 0.29) is 0 Å². The van der Waals surface area contributed by atoms with Crippen molar-refractivity contribution in [2.24, 2.45) is 0 Å². The van der Waals surface area contributed by atoms with Gasteiger partial charge in [-0.1, -0.05) is 115 Å². The van der Waals surface area contributed by atoms with E-state index < -0.39 is 0 Å². The average Bonchev–Trinajstić information content (AvgIpc) is 3.71. The molecule has 3 aromatic heterocycles. The van der Waals surface area contributed by atoms with Crippen molar-refractivity contribution in [3.8, 4) is 45.3 Å². The van der Waals surface area contributed by atoms with Gasteiger partial charge in [-0.25, -0.2) is 15.0 Å². The van der Waals surface area contributed by atoms with E-state index in [1.54, 1.807) is 0 Å². The summed E-state index contributed by atoms with van der Waals surface area (Å²) in [6.07, 6.45) is 0. The maximum Gasteiger partial charge on any atom is 0.165 e. The molecule has 3 heterocycles. The highest BCUT2D eigenvalue weighted by molar-refractivity contribution is 7.25. The molecule has 5 heteroatoms. The van der Waals surface area contributed by atoms with Gasteiger partial charge in [-0.05, 0) is 58.3 Å². The lowest BCUT2D eigenvalue weighted by Crippen LogP contribution is -2.01. The van der Waals surface area contributed by atoms with E-state index in [0.29, 0.717) is 17.5 Å².